The molecule has 0 aliphatic carbocycles. The fourth-order valence-corrected chi connectivity index (χ4v) is 3.87. The van der Waals surface area contributed by atoms with Gasteiger partial charge in [-0.1, -0.05) is 23.7 Å². The van der Waals surface area contributed by atoms with Crippen LogP contribution in [0.2, 0.25) is 5.02 Å². The van der Waals surface area contributed by atoms with Crippen molar-refractivity contribution < 1.29 is 14.3 Å². The zero-order valence-electron chi connectivity index (χ0n) is 14.6. The smallest absolute Gasteiger partial charge is 0.246 e. The van der Waals surface area contributed by atoms with Crippen molar-refractivity contribution in [1.82, 2.24) is 5.01 Å². The molecule has 0 fully saturated rings. The van der Waals surface area contributed by atoms with Gasteiger partial charge in [-0.25, -0.2) is 5.01 Å². The van der Waals surface area contributed by atoms with Crippen molar-refractivity contribution in [2.75, 3.05) is 0 Å². The van der Waals surface area contributed by atoms with Crippen molar-refractivity contribution in [2.24, 2.45) is 5.10 Å². The second kappa shape index (κ2) is 6.06. The number of phenolic OH excluding ortho intramolecular Hbond substituents is 1. The first-order chi connectivity index (χ1) is 13.1. The number of hydrogen-bond donors (Lipinski definition) is 1. The molecule has 5 rings (SSSR count). The Morgan fingerprint density at radius 1 is 1.15 bits per heavy atom. The van der Waals surface area contributed by atoms with Gasteiger partial charge in [-0.05, 0) is 49.4 Å². The fraction of sp³-hybridized carbons (Fsp3) is 0.190. The Labute approximate surface area is 161 Å². The standard InChI is InChI=1S/C21H17ClN2O3/c1-12-5-7-20(26-12)21-24-18(16-10-14(22)6-8-19(16)27-21)11-17(23-24)13-3-2-4-15(25)9-13/h2-10,18,21,25H,11H2,1H3. The van der Waals surface area contributed by atoms with Gasteiger partial charge in [0.1, 0.15) is 17.3 Å². The van der Waals surface area contributed by atoms with E-state index in [-0.39, 0.29) is 11.8 Å². The highest BCUT2D eigenvalue weighted by molar-refractivity contribution is 6.30. The summed E-state index contributed by atoms with van der Waals surface area (Å²) < 4.78 is 12.1. The van der Waals surface area contributed by atoms with E-state index < -0.39 is 6.23 Å². The average molecular weight is 381 g/mol. The lowest BCUT2D eigenvalue weighted by atomic mass is 9.96. The van der Waals surface area contributed by atoms with Crippen molar-refractivity contribution in [2.45, 2.75) is 25.6 Å². The molecule has 0 saturated carbocycles. The SMILES string of the molecule is Cc1ccc(C2Oc3ccc(Cl)cc3C3CC(c4cccc(O)c4)=NN32)o1. The van der Waals surface area contributed by atoms with E-state index in [1.807, 2.05) is 54.4 Å². The second-order valence-corrected chi connectivity index (χ2v) is 7.23. The molecule has 5 nitrogen and oxygen atoms in total. The van der Waals surface area contributed by atoms with Crippen molar-refractivity contribution in [3.8, 4) is 11.5 Å². The molecule has 0 amide bonds. The van der Waals surface area contributed by atoms with E-state index in [1.54, 1.807) is 12.1 Å². The minimum absolute atomic E-state index is 0.0137. The zero-order chi connectivity index (χ0) is 18.5. The van der Waals surface area contributed by atoms with Crippen LogP contribution in [0.15, 0.2) is 64.1 Å². The highest BCUT2D eigenvalue weighted by atomic mass is 35.5. The molecular formula is C21H17ClN2O3. The third kappa shape index (κ3) is 2.75. The van der Waals surface area contributed by atoms with Crippen molar-refractivity contribution in [3.05, 3.63) is 82.3 Å². The molecule has 2 unspecified atom stereocenters. The van der Waals surface area contributed by atoms with Gasteiger partial charge in [-0.2, -0.15) is 5.10 Å². The van der Waals surface area contributed by atoms with Crippen LogP contribution < -0.4 is 4.74 Å². The minimum atomic E-state index is -0.452. The van der Waals surface area contributed by atoms with Gasteiger partial charge in [0.05, 0.1) is 11.8 Å². The van der Waals surface area contributed by atoms with Crippen LogP contribution in [0.5, 0.6) is 11.5 Å². The molecule has 6 heteroatoms. The molecule has 2 aromatic carbocycles. The number of phenols is 1. The van der Waals surface area contributed by atoms with Crippen LogP contribution in [0.25, 0.3) is 0 Å². The number of furan rings is 1. The Morgan fingerprint density at radius 2 is 2.04 bits per heavy atom. The number of aromatic hydroxyl groups is 1. The fourth-order valence-electron chi connectivity index (χ4n) is 3.69. The lowest BCUT2D eigenvalue weighted by molar-refractivity contribution is -0.0329. The predicted molar refractivity (Wildman–Crippen MR) is 102 cm³/mol. The summed E-state index contributed by atoms with van der Waals surface area (Å²) in [5.74, 6) is 2.53. The maximum absolute atomic E-state index is 9.83. The van der Waals surface area contributed by atoms with Gasteiger partial charge in [0, 0.05) is 22.6 Å². The van der Waals surface area contributed by atoms with E-state index in [0.29, 0.717) is 17.2 Å². The molecule has 2 aliphatic rings. The first-order valence-electron chi connectivity index (χ1n) is 8.76. The van der Waals surface area contributed by atoms with Crippen LogP contribution in [0, 0.1) is 6.92 Å². The third-order valence-corrected chi connectivity index (χ3v) is 5.17. The summed E-state index contributed by atoms with van der Waals surface area (Å²) in [5, 5.41) is 17.3. The monoisotopic (exact) mass is 380 g/mol. The molecule has 0 spiro atoms. The number of aryl methyl sites for hydroxylation is 1. The Bertz CT molecular complexity index is 1060. The van der Waals surface area contributed by atoms with Crippen molar-refractivity contribution in [1.29, 1.82) is 0 Å². The molecule has 27 heavy (non-hydrogen) atoms. The van der Waals surface area contributed by atoms with Gasteiger partial charge in [0.15, 0.2) is 5.76 Å². The number of rotatable bonds is 2. The highest BCUT2D eigenvalue weighted by Crippen LogP contribution is 2.48. The molecule has 0 bridgehead atoms. The summed E-state index contributed by atoms with van der Waals surface area (Å²) in [7, 11) is 0. The predicted octanol–water partition coefficient (Wildman–Crippen LogP) is 5.19. The first kappa shape index (κ1) is 16.3. The maximum atomic E-state index is 9.83. The molecule has 3 aromatic rings. The Hall–Kier alpha value is -2.92. The summed E-state index contributed by atoms with van der Waals surface area (Å²) in [6.07, 6.45) is 0.239. The number of halogens is 1. The van der Waals surface area contributed by atoms with Crippen LogP contribution in [0.4, 0.5) is 0 Å². The molecule has 0 saturated heterocycles. The van der Waals surface area contributed by atoms with Crippen LogP contribution in [0.3, 0.4) is 0 Å². The highest BCUT2D eigenvalue weighted by Gasteiger charge is 2.42. The van der Waals surface area contributed by atoms with Gasteiger partial charge in [0.25, 0.3) is 0 Å². The zero-order valence-corrected chi connectivity index (χ0v) is 15.3. The van der Waals surface area contributed by atoms with Gasteiger partial charge in [-0.15, -0.1) is 0 Å². The summed E-state index contributed by atoms with van der Waals surface area (Å²) in [6, 6.07) is 16.6. The van der Waals surface area contributed by atoms with E-state index in [1.165, 1.54) is 0 Å². The van der Waals surface area contributed by atoms with Gasteiger partial charge in [-0.3, -0.25) is 0 Å². The topological polar surface area (TPSA) is 58.2 Å². The molecule has 2 aliphatic heterocycles. The van der Waals surface area contributed by atoms with Gasteiger partial charge >= 0.3 is 0 Å². The number of nitrogens with zero attached hydrogens (tertiary/aromatic N) is 2. The lowest BCUT2D eigenvalue weighted by Gasteiger charge is -2.37. The summed E-state index contributed by atoms with van der Waals surface area (Å²) in [5.41, 5.74) is 2.78. The normalized spacial score (nSPS) is 20.7. The van der Waals surface area contributed by atoms with Crippen molar-refractivity contribution >= 4 is 17.3 Å². The lowest BCUT2D eigenvalue weighted by Crippen LogP contribution is -2.33. The number of fused-ring (bicyclic) bond motifs is 3. The Kier molecular flexibility index (Phi) is 3.65. The number of ether oxygens (including phenoxy) is 1. The van der Waals surface area contributed by atoms with E-state index >= 15 is 0 Å². The second-order valence-electron chi connectivity index (χ2n) is 6.80. The van der Waals surface area contributed by atoms with Crippen LogP contribution in [0.1, 0.15) is 41.3 Å². The number of hydrogen-bond acceptors (Lipinski definition) is 5. The van der Waals surface area contributed by atoms with E-state index in [0.717, 1.165) is 28.3 Å². The van der Waals surface area contributed by atoms with Crippen LogP contribution in [-0.2, 0) is 0 Å². The third-order valence-electron chi connectivity index (χ3n) is 4.94. The number of hydrazone groups is 1. The molecule has 3 heterocycles. The van der Waals surface area contributed by atoms with Gasteiger partial charge < -0.3 is 14.3 Å². The molecule has 2 atom stereocenters. The van der Waals surface area contributed by atoms with E-state index in [2.05, 4.69) is 0 Å². The Morgan fingerprint density at radius 3 is 2.81 bits per heavy atom. The summed E-state index contributed by atoms with van der Waals surface area (Å²) >= 11 is 6.23. The van der Waals surface area contributed by atoms with Crippen molar-refractivity contribution in [3.63, 3.8) is 0 Å². The quantitative estimate of drug-likeness (QED) is 0.664. The van der Waals surface area contributed by atoms with Crippen LogP contribution in [-0.4, -0.2) is 15.8 Å². The molecular weight excluding hydrogens is 364 g/mol. The molecule has 1 aromatic heterocycles. The minimum Gasteiger partial charge on any atom is -0.508 e. The van der Waals surface area contributed by atoms with E-state index in [9.17, 15) is 5.11 Å². The first-order valence-corrected chi connectivity index (χ1v) is 9.14. The molecule has 1 N–H and O–H groups in total. The number of benzene rings is 2. The largest absolute Gasteiger partial charge is 0.508 e. The Balaban J connectivity index is 1.61. The average Bonchev–Trinajstić information content (AvgIpc) is 3.28. The molecule has 0 radical (unpaired) electrons. The van der Waals surface area contributed by atoms with Crippen LogP contribution >= 0.6 is 11.6 Å². The maximum Gasteiger partial charge on any atom is 0.246 e. The summed E-state index contributed by atoms with van der Waals surface area (Å²) in [4.78, 5) is 0. The van der Waals surface area contributed by atoms with Gasteiger partial charge in [0.2, 0.25) is 6.23 Å². The summed E-state index contributed by atoms with van der Waals surface area (Å²) in [6.45, 7) is 1.91. The molecule has 136 valence electrons. The van der Waals surface area contributed by atoms with E-state index in [4.69, 9.17) is 25.9 Å².